The SMILES string of the molecule is Cc1nc(-c2ccccn2)sc1CCNC(=O)Cc1ccccc1. The van der Waals surface area contributed by atoms with Crippen LogP contribution in [0.15, 0.2) is 54.7 Å². The van der Waals surface area contributed by atoms with Crippen molar-refractivity contribution in [1.82, 2.24) is 15.3 Å². The van der Waals surface area contributed by atoms with Crippen LogP contribution in [0.5, 0.6) is 0 Å². The molecule has 0 atom stereocenters. The van der Waals surface area contributed by atoms with E-state index < -0.39 is 0 Å². The van der Waals surface area contributed by atoms with Gasteiger partial charge in [0.05, 0.1) is 17.8 Å². The molecule has 122 valence electrons. The van der Waals surface area contributed by atoms with E-state index in [1.165, 1.54) is 4.88 Å². The summed E-state index contributed by atoms with van der Waals surface area (Å²) in [4.78, 5) is 22.1. The molecule has 0 saturated heterocycles. The summed E-state index contributed by atoms with van der Waals surface area (Å²) in [7, 11) is 0. The Kier molecular flexibility index (Phi) is 5.33. The van der Waals surface area contributed by atoms with Crippen LogP contribution in [0, 0.1) is 6.92 Å². The van der Waals surface area contributed by atoms with Crippen LogP contribution < -0.4 is 5.32 Å². The summed E-state index contributed by atoms with van der Waals surface area (Å²) in [6.45, 7) is 2.63. The number of rotatable bonds is 6. The van der Waals surface area contributed by atoms with Crippen LogP contribution in [0.25, 0.3) is 10.7 Å². The fourth-order valence-corrected chi connectivity index (χ4v) is 3.46. The first-order valence-electron chi connectivity index (χ1n) is 7.90. The predicted octanol–water partition coefficient (Wildman–Crippen LogP) is 3.41. The third-order valence-electron chi connectivity index (χ3n) is 3.66. The molecule has 1 amide bonds. The second-order valence-electron chi connectivity index (χ2n) is 5.50. The number of nitrogens with zero attached hydrogens (tertiary/aromatic N) is 2. The Labute approximate surface area is 145 Å². The van der Waals surface area contributed by atoms with E-state index in [4.69, 9.17) is 0 Å². The van der Waals surface area contributed by atoms with E-state index in [9.17, 15) is 4.79 Å². The molecule has 0 unspecified atom stereocenters. The summed E-state index contributed by atoms with van der Waals surface area (Å²) in [6, 6.07) is 15.6. The lowest BCUT2D eigenvalue weighted by Crippen LogP contribution is -2.27. The highest BCUT2D eigenvalue weighted by molar-refractivity contribution is 7.15. The smallest absolute Gasteiger partial charge is 0.224 e. The van der Waals surface area contributed by atoms with Crippen molar-refractivity contribution in [3.8, 4) is 10.7 Å². The minimum atomic E-state index is 0.0494. The second kappa shape index (κ2) is 7.84. The summed E-state index contributed by atoms with van der Waals surface area (Å²) in [5, 5.41) is 3.91. The highest BCUT2D eigenvalue weighted by atomic mass is 32.1. The van der Waals surface area contributed by atoms with Gasteiger partial charge in [-0.3, -0.25) is 9.78 Å². The average Bonchev–Trinajstić information content (AvgIpc) is 2.98. The quantitative estimate of drug-likeness (QED) is 0.750. The number of carbonyl (C=O) groups excluding carboxylic acids is 1. The van der Waals surface area contributed by atoms with Crippen LogP contribution >= 0.6 is 11.3 Å². The van der Waals surface area contributed by atoms with Gasteiger partial charge in [0, 0.05) is 24.0 Å². The number of hydrogen-bond donors (Lipinski definition) is 1. The lowest BCUT2D eigenvalue weighted by Gasteiger charge is -2.04. The molecule has 4 nitrogen and oxygen atoms in total. The lowest BCUT2D eigenvalue weighted by molar-refractivity contribution is -0.120. The van der Waals surface area contributed by atoms with Crippen LogP contribution in [-0.4, -0.2) is 22.4 Å². The van der Waals surface area contributed by atoms with Crippen molar-refractivity contribution in [2.45, 2.75) is 19.8 Å². The molecule has 0 bridgehead atoms. The molecule has 1 N–H and O–H groups in total. The van der Waals surface area contributed by atoms with Gasteiger partial charge < -0.3 is 5.32 Å². The standard InChI is InChI=1S/C19H19N3OS/c1-14-17(24-19(22-14)16-9-5-6-11-20-16)10-12-21-18(23)13-15-7-3-2-4-8-15/h2-9,11H,10,12-13H2,1H3,(H,21,23). The van der Waals surface area contributed by atoms with Gasteiger partial charge in [-0.15, -0.1) is 11.3 Å². The third-order valence-corrected chi connectivity index (χ3v) is 4.90. The van der Waals surface area contributed by atoms with Gasteiger partial charge in [0.2, 0.25) is 5.91 Å². The summed E-state index contributed by atoms with van der Waals surface area (Å²) < 4.78 is 0. The minimum Gasteiger partial charge on any atom is -0.355 e. The number of amides is 1. The molecule has 2 aromatic heterocycles. The number of hydrogen-bond acceptors (Lipinski definition) is 4. The van der Waals surface area contributed by atoms with Gasteiger partial charge in [-0.1, -0.05) is 36.4 Å². The Morgan fingerprint density at radius 3 is 2.67 bits per heavy atom. The van der Waals surface area contributed by atoms with Crippen LogP contribution in [0.4, 0.5) is 0 Å². The molecule has 0 aliphatic carbocycles. The Balaban J connectivity index is 1.54. The van der Waals surface area contributed by atoms with Gasteiger partial charge in [0.1, 0.15) is 5.01 Å². The molecule has 0 saturated carbocycles. The van der Waals surface area contributed by atoms with Gasteiger partial charge in [0.25, 0.3) is 0 Å². The highest BCUT2D eigenvalue weighted by Gasteiger charge is 2.10. The summed E-state index contributed by atoms with van der Waals surface area (Å²) >= 11 is 1.64. The van der Waals surface area contributed by atoms with Crippen molar-refractivity contribution < 1.29 is 4.79 Å². The highest BCUT2D eigenvalue weighted by Crippen LogP contribution is 2.26. The van der Waals surface area contributed by atoms with E-state index in [1.807, 2.05) is 55.5 Å². The topological polar surface area (TPSA) is 54.9 Å². The number of aryl methyl sites for hydroxylation is 1. The van der Waals surface area contributed by atoms with E-state index in [-0.39, 0.29) is 5.91 Å². The summed E-state index contributed by atoms with van der Waals surface area (Å²) in [5.41, 5.74) is 2.93. The van der Waals surface area contributed by atoms with Crippen LogP contribution in [0.1, 0.15) is 16.1 Å². The Morgan fingerprint density at radius 1 is 1.12 bits per heavy atom. The molecule has 0 spiro atoms. The van der Waals surface area contributed by atoms with Gasteiger partial charge in [0.15, 0.2) is 0 Å². The van der Waals surface area contributed by atoms with Gasteiger partial charge in [-0.05, 0) is 24.6 Å². The monoisotopic (exact) mass is 337 g/mol. The van der Waals surface area contributed by atoms with Crippen LogP contribution in [0.2, 0.25) is 0 Å². The van der Waals surface area contributed by atoms with Crippen molar-refractivity contribution >= 4 is 17.2 Å². The molecule has 0 aliphatic rings. The number of nitrogens with one attached hydrogen (secondary N) is 1. The zero-order chi connectivity index (χ0) is 16.8. The van der Waals surface area contributed by atoms with Crippen molar-refractivity contribution in [3.63, 3.8) is 0 Å². The molecule has 3 rings (SSSR count). The number of thiazole rings is 1. The zero-order valence-electron chi connectivity index (χ0n) is 13.5. The molecule has 3 aromatic rings. The maximum absolute atomic E-state index is 12.0. The molecule has 2 heterocycles. The summed E-state index contributed by atoms with van der Waals surface area (Å²) in [6.07, 6.45) is 2.98. The first kappa shape index (κ1) is 16.3. The number of pyridine rings is 1. The largest absolute Gasteiger partial charge is 0.355 e. The van der Waals surface area contributed by atoms with Crippen molar-refractivity contribution in [2.24, 2.45) is 0 Å². The van der Waals surface area contributed by atoms with Crippen molar-refractivity contribution in [3.05, 3.63) is 70.9 Å². The molecule has 5 heteroatoms. The van der Waals surface area contributed by atoms with E-state index >= 15 is 0 Å². The average molecular weight is 337 g/mol. The number of carbonyl (C=O) groups is 1. The Hall–Kier alpha value is -2.53. The molecule has 0 fully saturated rings. The molecular formula is C19H19N3OS. The van der Waals surface area contributed by atoms with E-state index in [1.54, 1.807) is 17.5 Å². The second-order valence-corrected chi connectivity index (χ2v) is 6.59. The Morgan fingerprint density at radius 2 is 1.92 bits per heavy atom. The third kappa shape index (κ3) is 4.26. The van der Waals surface area contributed by atoms with Gasteiger partial charge in [-0.2, -0.15) is 0 Å². The number of benzene rings is 1. The van der Waals surface area contributed by atoms with E-state index in [2.05, 4.69) is 15.3 Å². The minimum absolute atomic E-state index is 0.0494. The fraction of sp³-hybridized carbons (Fsp3) is 0.211. The first-order chi connectivity index (χ1) is 11.7. The van der Waals surface area contributed by atoms with Crippen molar-refractivity contribution in [1.29, 1.82) is 0 Å². The van der Waals surface area contributed by atoms with Crippen LogP contribution in [-0.2, 0) is 17.6 Å². The van der Waals surface area contributed by atoms with Crippen LogP contribution in [0.3, 0.4) is 0 Å². The molecule has 1 aromatic carbocycles. The number of aromatic nitrogens is 2. The van der Waals surface area contributed by atoms with E-state index in [0.717, 1.165) is 28.4 Å². The zero-order valence-corrected chi connectivity index (χ0v) is 14.3. The van der Waals surface area contributed by atoms with E-state index in [0.29, 0.717) is 13.0 Å². The van der Waals surface area contributed by atoms with Gasteiger partial charge in [-0.25, -0.2) is 4.98 Å². The normalized spacial score (nSPS) is 10.5. The van der Waals surface area contributed by atoms with Crippen molar-refractivity contribution in [2.75, 3.05) is 6.54 Å². The first-order valence-corrected chi connectivity index (χ1v) is 8.72. The maximum atomic E-state index is 12.0. The molecule has 0 aliphatic heterocycles. The molecule has 0 radical (unpaired) electrons. The predicted molar refractivity (Wildman–Crippen MR) is 96.9 cm³/mol. The van der Waals surface area contributed by atoms with Gasteiger partial charge >= 0.3 is 0 Å². The Bertz CT molecular complexity index is 800. The lowest BCUT2D eigenvalue weighted by atomic mass is 10.1. The molecule has 24 heavy (non-hydrogen) atoms. The maximum Gasteiger partial charge on any atom is 0.224 e. The fourth-order valence-electron chi connectivity index (χ4n) is 2.42. The summed E-state index contributed by atoms with van der Waals surface area (Å²) in [5.74, 6) is 0.0494. The molecular weight excluding hydrogens is 318 g/mol.